The molecule has 1 heterocycles. The first-order valence-electron chi connectivity index (χ1n) is 9.90. The zero-order valence-corrected chi connectivity index (χ0v) is 18.2. The average molecular weight is 444 g/mol. The number of halogens is 2. The molecule has 2 aliphatic rings. The van der Waals surface area contributed by atoms with Gasteiger partial charge in [-0.05, 0) is 50.8 Å². The Bertz CT molecular complexity index is 761. The molecule has 0 radical (unpaired) electrons. The molecule has 29 heavy (non-hydrogen) atoms. The Balaban J connectivity index is 1.61. The van der Waals surface area contributed by atoms with E-state index in [9.17, 15) is 4.79 Å². The normalized spacial score (nSPS) is 30.1. The molecule has 1 N–H and O–H groups in total. The van der Waals surface area contributed by atoms with Crippen LogP contribution < -0.4 is 5.32 Å². The molecule has 0 aromatic heterocycles. The molecule has 1 aliphatic heterocycles. The molecular formula is C21H27Cl2NO5. The minimum atomic E-state index is -0.916. The molecule has 1 saturated carbocycles. The van der Waals surface area contributed by atoms with E-state index < -0.39 is 17.7 Å². The number of anilines is 1. The average Bonchev–Trinajstić information content (AvgIpc) is 2.99. The summed E-state index contributed by atoms with van der Waals surface area (Å²) in [6.07, 6.45) is 5.08. The molecule has 1 aromatic rings. The Morgan fingerprint density at radius 2 is 2.24 bits per heavy atom. The molecule has 8 heteroatoms. The Morgan fingerprint density at radius 3 is 2.97 bits per heavy atom. The number of allylic oxidation sites excluding steroid dienone is 1. The van der Waals surface area contributed by atoms with Crippen LogP contribution in [0.5, 0.6) is 0 Å². The van der Waals surface area contributed by atoms with Gasteiger partial charge in [0.05, 0.1) is 10.7 Å². The van der Waals surface area contributed by atoms with Crippen LogP contribution in [-0.4, -0.2) is 23.8 Å². The van der Waals surface area contributed by atoms with Gasteiger partial charge in [0.15, 0.2) is 0 Å². The van der Waals surface area contributed by atoms with Crippen LogP contribution in [0.15, 0.2) is 30.9 Å². The second-order valence-electron chi connectivity index (χ2n) is 7.70. The first-order chi connectivity index (χ1) is 13.8. The van der Waals surface area contributed by atoms with E-state index in [0.29, 0.717) is 35.0 Å². The number of carbonyl (C=O) groups is 1. The maximum Gasteiger partial charge on any atom is 0.411 e. The summed E-state index contributed by atoms with van der Waals surface area (Å²) in [7, 11) is 0. The molecule has 6 nitrogen and oxygen atoms in total. The third-order valence-corrected chi connectivity index (χ3v) is 6.06. The standard InChI is InChI=1S/C21H27Cl2NO5/c1-4-7-14(5-2)20(3)27-21(29-28-20)11-6-8-16(13-21)26-19(25)24-18-12-15(22)9-10-17(18)23/h4,9-10,12,14,16H,1,5-8,11,13H2,2-3H3,(H,24,25). The van der Waals surface area contributed by atoms with Crippen molar-refractivity contribution in [1.29, 1.82) is 0 Å². The highest BCUT2D eigenvalue weighted by atomic mass is 35.5. The molecule has 160 valence electrons. The van der Waals surface area contributed by atoms with Crippen molar-refractivity contribution in [2.24, 2.45) is 5.92 Å². The Hall–Kier alpha value is -1.31. The minimum Gasteiger partial charge on any atom is -0.446 e. The summed E-state index contributed by atoms with van der Waals surface area (Å²) in [5.41, 5.74) is 0.397. The van der Waals surface area contributed by atoms with Crippen molar-refractivity contribution >= 4 is 35.0 Å². The fraction of sp³-hybridized carbons (Fsp3) is 0.571. The lowest BCUT2D eigenvalue weighted by Gasteiger charge is -2.36. The number of rotatable bonds is 6. The summed E-state index contributed by atoms with van der Waals surface area (Å²) in [6, 6.07) is 4.83. The van der Waals surface area contributed by atoms with E-state index in [4.69, 9.17) is 42.5 Å². The lowest BCUT2D eigenvalue weighted by Crippen LogP contribution is -2.44. The first kappa shape index (κ1) is 22.4. The third-order valence-electron chi connectivity index (χ3n) is 5.49. The zero-order chi connectivity index (χ0) is 21.1. The van der Waals surface area contributed by atoms with E-state index in [1.54, 1.807) is 18.2 Å². The number of amides is 1. The van der Waals surface area contributed by atoms with Crippen LogP contribution in [0.3, 0.4) is 0 Å². The highest BCUT2D eigenvalue weighted by molar-refractivity contribution is 6.35. The number of hydrogen-bond donors (Lipinski definition) is 1. The lowest BCUT2D eigenvalue weighted by atomic mass is 9.89. The predicted molar refractivity (Wildman–Crippen MR) is 112 cm³/mol. The van der Waals surface area contributed by atoms with Crippen LogP contribution in [0, 0.1) is 5.92 Å². The van der Waals surface area contributed by atoms with Crippen molar-refractivity contribution in [2.45, 2.75) is 70.1 Å². The van der Waals surface area contributed by atoms with Gasteiger partial charge < -0.3 is 9.47 Å². The number of carbonyl (C=O) groups excluding carboxylic acids is 1. The molecule has 4 atom stereocenters. The van der Waals surface area contributed by atoms with Crippen molar-refractivity contribution < 1.29 is 24.0 Å². The quantitative estimate of drug-likeness (QED) is 0.402. The SMILES string of the molecule is C=CCC(CC)C1(C)OOC2(CCCC(OC(=O)Nc3cc(Cl)ccc3Cl)C2)O1. The number of hydrogen-bond acceptors (Lipinski definition) is 5. The fourth-order valence-electron chi connectivity index (χ4n) is 3.97. The van der Waals surface area contributed by atoms with Gasteiger partial charge in [0.25, 0.3) is 0 Å². The minimum absolute atomic E-state index is 0.119. The molecule has 1 aliphatic carbocycles. The van der Waals surface area contributed by atoms with Gasteiger partial charge in [-0.25, -0.2) is 4.79 Å². The van der Waals surface area contributed by atoms with Crippen molar-refractivity contribution in [1.82, 2.24) is 0 Å². The van der Waals surface area contributed by atoms with E-state index in [1.807, 2.05) is 13.0 Å². The zero-order valence-electron chi connectivity index (χ0n) is 16.7. The molecule has 3 rings (SSSR count). The summed E-state index contributed by atoms with van der Waals surface area (Å²) in [5, 5.41) is 3.48. The monoisotopic (exact) mass is 443 g/mol. The van der Waals surface area contributed by atoms with E-state index in [1.165, 1.54) is 0 Å². The number of nitrogens with one attached hydrogen (secondary N) is 1. The maximum absolute atomic E-state index is 12.4. The third kappa shape index (κ3) is 5.25. The van der Waals surface area contributed by atoms with Crippen LogP contribution in [0.25, 0.3) is 0 Å². The second kappa shape index (κ2) is 9.23. The molecule has 1 spiro atoms. The topological polar surface area (TPSA) is 66.0 Å². The number of ether oxygens (including phenoxy) is 2. The van der Waals surface area contributed by atoms with Gasteiger partial charge in [-0.2, -0.15) is 9.78 Å². The van der Waals surface area contributed by atoms with Gasteiger partial charge in [0, 0.05) is 23.8 Å². The largest absolute Gasteiger partial charge is 0.446 e. The summed E-state index contributed by atoms with van der Waals surface area (Å²) in [6.45, 7) is 7.78. The molecule has 1 saturated heterocycles. The van der Waals surface area contributed by atoms with Gasteiger partial charge in [-0.15, -0.1) is 6.58 Å². The molecule has 0 bridgehead atoms. The van der Waals surface area contributed by atoms with Crippen LogP contribution in [-0.2, 0) is 19.2 Å². The number of benzene rings is 1. The Kier molecular flexibility index (Phi) is 7.12. The molecule has 4 unspecified atom stereocenters. The summed E-state index contributed by atoms with van der Waals surface area (Å²) < 4.78 is 11.9. The van der Waals surface area contributed by atoms with Crippen molar-refractivity contribution in [2.75, 3.05) is 5.32 Å². The molecule has 2 fully saturated rings. The van der Waals surface area contributed by atoms with Crippen LogP contribution in [0.2, 0.25) is 10.0 Å². The highest BCUT2D eigenvalue weighted by Crippen LogP contribution is 2.47. The summed E-state index contributed by atoms with van der Waals surface area (Å²) >= 11 is 12.0. The summed E-state index contributed by atoms with van der Waals surface area (Å²) in [5.74, 6) is -1.66. The fourth-order valence-corrected chi connectivity index (χ4v) is 4.31. The van der Waals surface area contributed by atoms with Crippen molar-refractivity contribution in [3.63, 3.8) is 0 Å². The Labute approximate surface area is 181 Å². The van der Waals surface area contributed by atoms with Gasteiger partial charge in [0.1, 0.15) is 6.10 Å². The molecule has 1 amide bonds. The van der Waals surface area contributed by atoms with Gasteiger partial charge >= 0.3 is 6.09 Å². The van der Waals surface area contributed by atoms with Crippen LogP contribution in [0.1, 0.15) is 52.4 Å². The second-order valence-corrected chi connectivity index (χ2v) is 8.54. The van der Waals surface area contributed by atoms with Crippen molar-refractivity contribution in [3.8, 4) is 0 Å². The van der Waals surface area contributed by atoms with Crippen molar-refractivity contribution in [3.05, 3.63) is 40.9 Å². The van der Waals surface area contributed by atoms with E-state index in [0.717, 1.165) is 19.3 Å². The van der Waals surface area contributed by atoms with Gasteiger partial charge in [-0.1, -0.05) is 36.2 Å². The molecular weight excluding hydrogens is 417 g/mol. The lowest BCUT2D eigenvalue weighted by molar-refractivity contribution is -0.361. The first-order valence-corrected chi connectivity index (χ1v) is 10.7. The van der Waals surface area contributed by atoms with E-state index >= 15 is 0 Å². The van der Waals surface area contributed by atoms with Crippen LogP contribution >= 0.6 is 23.2 Å². The van der Waals surface area contributed by atoms with E-state index in [2.05, 4.69) is 18.8 Å². The van der Waals surface area contributed by atoms with Gasteiger partial charge in [0.2, 0.25) is 11.6 Å². The highest BCUT2D eigenvalue weighted by Gasteiger charge is 2.55. The maximum atomic E-state index is 12.4. The predicted octanol–water partition coefficient (Wildman–Crippen LogP) is 6.48. The Morgan fingerprint density at radius 1 is 1.45 bits per heavy atom. The van der Waals surface area contributed by atoms with Gasteiger partial charge in [-0.3, -0.25) is 5.32 Å². The molecule has 1 aromatic carbocycles. The summed E-state index contributed by atoms with van der Waals surface area (Å²) in [4.78, 5) is 23.7. The van der Waals surface area contributed by atoms with Crippen LogP contribution in [0.4, 0.5) is 10.5 Å². The smallest absolute Gasteiger partial charge is 0.411 e. The van der Waals surface area contributed by atoms with E-state index in [-0.39, 0.29) is 12.0 Å².